The Bertz CT molecular complexity index is 845. The van der Waals surface area contributed by atoms with Crippen LogP contribution in [0, 0.1) is 0 Å². The quantitative estimate of drug-likeness (QED) is 0.712. The summed E-state index contributed by atoms with van der Waals surface area (Å²) < 4.78 is 0. The van der Waals surface area contributed by atoms with E-state index in [1.165, 1.54) is 11.1 Å². The highest BCUT2D eigenvalue weighted by Gasteiger charge is 2.34. The molecule has 1 aromatic carbocycles. The molecular formula is C18H17Cl3N4O2. The molecule has 0 unspecified atom stereocenters. The number of benzene rings is 1. The summed E-state index contributed by atoms with van der Waals surface area (Å²) in [5, 5.41) is 6.93. The first kappa shape index (κ1) is 19.7. The summed E-state index contributed by atoms with van der Waals surface area (Å²) in [5.74, 6) is -0.220. The number of halogens is 3. The summed E-state index contributed by atoms with van der Waals surface area (Å²) in [6.07, 6.45) is 2.83. The minimum absolute atomic E-state index is 0.220. The van der Waals surface area contributed by atoms with E-state index < -0.39 is 6.04 Å². The lowest BCUT2D eigenvalue weighted by Gasteiger charge is -2.24. The van der Waals surface area contributed by atoms with Gasteiger partial charge < -0.3 is 15.5 Å². The molecule has 1 fully saturated rings. The number of urea groups is 1. The number of nitrogens with one attached hydrogen (secondary N) is 2. The van der Waals surface area contributed by atoms with E-state index in [4.69, 9.17) is 34.8 Å². The molecule has 2 heterocycles. The molecule has 1 aliphatic rings. The smallest absolute Gasteiger partial charge is 0.322 e. The molecule has 3 amide bonds. The van der Waals surface area contributed by atoms with Crippen molar-refractivity contribution in [3.05, 3.63) is 57.3 Å². The van der Waals surface area contributed by atoms with E-state index in [2.05, 4.69) is 15.6 Å². The van der Waals surface area contributed by atoms with Gasteiger partial charge in [-0.1, -0.05) is 40.9 Å². The number of likely N-dealkylation sites (tertiary alicyclic amines) is 1. The number of aromatic nitrogens is 1. The second-order valence-corrected chi connectivity index (χ2v) is 7.34. The average molecular weight is 428 g/mol. The third-order valence-corrected chi connectivity index (χ3v) is 5.07. The van der Waals surface area contributed by atoms with Crippen LogP contribution in [0.2, 0.25) is 15.2 Å². The molecule has 0 bridgehead atoms. The first-order valence-corrected chi connectivity index (χ1v) is 9.48. The second-order valence-electron chi connectivity index (χ2n) is 6.10. The molecule has 1 atom stereocenters. The molecular weight excluding hydrogens is 411 g/mol. The SMILES string of the molecule is O=C(NCc1ccc(Cl)cc1Cl)[C@@H]1CCCN1C(=O)Nc1ccc(Cl)nc1. The van der Waals surface area contributed by atoms with E-state index in [0.717, 1.165) is 12.0 Å². The maximum atomic E-state index is 12.6. The number of hydrogen-bond acceptors (Lipinski definition) is 3. The summed E-state index contributed by atoms with van der Waals surface area (Å²) in [6, 6.07) is 7.46. The molecule has 1 aliphatic heterocycles. The maximum Gasteiger partial charge on any atom is 0.322 e. The molecule has 0 saturated carbocycles. The first-order chi connectivity index (χ1) is 12.9. The van der Waals surface area contributed by atoms with Gasteiger partial charge in [0.15, 0.2) is 0 Å². The van der Waals surface area contributed by atoms with E-state index in [1.54, 1.807) is 30.3 Å². The third kappa shape index (κ3) is 5.03. The van der Waals surface area contributed by atoms with Gasteiger partial charge in [0, 0.05) is 23.1 Å². The van der Waals surface area contributed by atoms with E-state index in [9.17, 15) is 9.59 Å². The molecule has 6 nitrogen and oxygen atoms in total. The molecule has 0 radical (unpaired) electrons. The minimum Gasteiger partial charge on any atom is -0.350 e. The van der Waals surface area contributed by atoms with Crippen molar-refractivity contribution in [1.29, 1.82) is 0 Å². The third-order valence-electron chi connectivity index (χ3n) is 4.26. The average Bonchev–Trinajstić information content (AvgIpc) is 3.13. The zero-order chi connectivity index (χ0) is 19.4. The van der Waals surface area contributed by atoms with Crippen molar-refractivity contribution in [1.82, 2.24) is 15.2 Å². The predicted octanol–water partition coefficient (Wildman–Crippen LogP) is 4.35. The number of rotatable bonds is 4. The second kappa shape index (κ2) is 8.78. The van der Waals surface area contributed by atoms with Crippen LogP contribution in [-0.2, 0) is 11.3 Å². The molecule has 3 rings (SSSR count). The molecule has 2 aromatic rings. The van der Waals surface area contributed by atoms with E-state index in [1.807, 2.05) is 0 Å². The summed E-state index contributed by atoms with van der Waals surface area (Å²) in [6.45, 7) is 0.772. The van der Waals surface area contributed by atoms with Gasteiger partial charge in [-0.25, -0.2) is 9.78 Å². The van der Waals surface area contributed by atoms with Gasteiger partial charge in [0.25, 0.3) is 0 Å². The van der Waals surface area contributed by atoms with Gasteiger partial charge in [-0.2, -0.15) is 0 Å². The topological polar surface area (TPSA) is 74.3 Å². The highest BCUT2D eigenvalue weighted by molar-refractivity contribution is 6.35. The maximum absolute atomic E-state index is 12.6. The van der Waals surface area contributed by atoms with Crippen molar-refractivity contribution in [3.8, 4) is 0 Å². The summed E-state index contributed by atoms with van der Waals surface area (Å²) in [5.41, 5.74) is 1.28. The first-order valence-electron chi connectivity index (χ1n) is 8.35. The number of amides is 3. The molecule has 1 saturated heterocycles. The van der Waals surface area contributed by atoms with Crippen LogP contribution < -0.4 is 10.6 Å². The van der Waals surface area contributed by atoms with Crippen molar-refractivity contribution in [2.24, 2.45) is 0 Å². The number of pyridine rings is 1. The van der Waals surface area contributed by atoms with E-state index in [-0.39, 0.29) is 18.5 Å². The van der Waals surface area contributed by atoms with Crippen LogP contribution in [0.1, 0.15) is 18.4 Å². The number of nitrogens with zero attached hydrogens (tertiary/aromatic N) is 2. The van der Waals surface area contributed by atoms with Crippen LogP contribution in [0.25, 0.3) is 0 Å². The van der Waals surface area contributed by atoms with Crippen molar-refractivity contribution in [3.63, 3.8) is 0 Å². The van der Waals surface area contributed by atoms with Crippen LogP contribution in [0.4, 0.5) is 10.5 Å². The molecule has 9 heteroatoms. The van der Waals surface area contributed by atoms with Crippen LogP contribution in [-0.4, -0.2) is 34.4 Å². The zero-order valence-electron chi connectivity index (χ0n) is 14.2. The Kier molecular flexibility index (Phi) is 6.42. The fraction of sp³-hybridized carbons (Fsp3) is 0.278. The van der Waals surface area contributed by atoms with Crippen LogP contribution in [0.3, 0.4) is 0 Å². The van der Waals surface area contributed by atoms with E-state index >= 15 is 0 Å². The highest BCUT2D eigenvalue weighted by Crippen LogP contribution is 2.22. The fourth-order valence-corrected chi connectivity index (χ4v) is 3.48. The standard InChI is InChI=1S/C18H17Cl3N4O2/c19-12-4-3-11(14(20)8-12)9-23-17(26)15-2-1-7-25(15)18(27)24-13-5-6-16(21)22-10-13/h3-6,8,10,15H,1-2,7,9H2,(H,23,26)(H,24,27)/t15-/m0/s1. The van der Waals surface area contributed by atoms with Crippen molar-refractivity contribution in [2.75, 3.05) is 11.9 Å². The molecule has 0 aliphatic carbocycles. The molecule has 142 valence electrons. The largest absolute Gasteiger partial charge is 0.350 e. The number of hydrogen-bond donors (Lipinski definition) is 2. The Morgan fingerprint density at radius 2 is 2.00 bits per heavy atom. The van der Waals surface area contributed by atoms with Gasteiger partial charge in [-0.15, -0.1) is 0 Å². The number of anilines is 1. The number of carbonyl (C=O) groups is 2. The normalized spacial score (nSPS) is 16.3. The van der Waals surface area contributed by atoms with Crippen LogP contribution in [0.15, 0.2) is 36.5 Å². The summed E-state index contributed by atoms with van der Waals surface area (Å²) >= 11 is 17.7. The Labute approximate surface area is 171 Å². The van der Waals surface area contributed by atoms with Gasteiger partial charge >= 0.3 is 6.03 Å². The molecule has 27 heavy (non-hydrogen) atoms. The van der Waals surface area contributed by atoms with Gasteiger partial charge in [-0.05, 0) is 42.7 Å². The van der Waals surface area contributed by atoms with Gasteiger partial charge in [0.2, 0.25) is 5.91 Å². The summed E-state index contributed by atoms with van der Waals surface area (Å²) in [7, 11) is 0. The fourth-order valence-electron chi connectivity index (χ4n) is 2.89. The Balaban J connectivity index is 1.60. The molecule has 2 N–H and O–H groups in total. The van der Waals surface area contributed by atoms with E-state index in [0.29, 0.717) is 33.9 Å². The number of carbonyl (C=O) groups excluding carboxylic acids is 2. The van der Waals surface area contributed by atoms with Gasteiger partial charge in [0.05, 0.1) is 11.9 Å². The Morgan fingerprint density at radius 3 is 2.70 bits per heavy atom. The van der Waals surface area contributed by atoms with Crippen LogP contribution >= 0.6 is 34.8 Å². The van der Waals surface area contributed by atoms with Gasteiger partial charge in [0.1, 0.15) is 11.2 Å². The lowest BCUT2D eigenvalue weighted by atomic mass is 10.2. The predicted molar refractivity (Wildman–Crippen MR) is 106 cm³/mol. The lowest BCUT2D eigenvalue weighted by Crippen LogP contribution is -2.47. The van der Waals surface area contributed by atoms with Crippen molar-refractivity contribution >= 4 is 52.4 Å². The molecule has 1 aromatic heterocycles. The van der Waals surface area contributed by atoms with Crippen LogP contribution in [0.5, 0.6) is 0 Å². The molecule has 0 spiro atoms. The zero-order valence-corrected chi connectivity index (χ0v) is 16.5. The van der Waals surface area contributed by atoms with Crippen molar-refractivity contribution < 1.29 is 9.59 Å². The Hall–Kier alpha value is -2.02. The summed E-state index contributed by atoms with van der Waals surface area (Å²) in [4.78, 5) is 30.5. The lowest BCUT2D eigenvalue weighted by molar-refractivity contribution is -0.124. The highest BCUT2D eigenvalue weighted by atomic mass is 35.5. The van der Waals surface area contributed by atoms with Gasteiger partial charge in [-0.3, -0.25) is 4.79 Å². The minimum atomic E-state index is -0.531. The van der Waals surface area contributed by atoms with Crippen molar-refractivity contribution in [2.45, 2.75) is 25.4 Å². The Morgan fingerprint density at radius 1 is 1.19 bits per heavy atom. The monoisotopic (exact) mass is 426 g/mol.